The van der Waals surface area contributed by atoms with Gasteiger partial charge in [0.15, 0.2) is 5.11 Å². The number of sulfonamides is 2. The predicted molar refractivity (Wildman–Crippen MR) is 105 cm³/mol. The maximum atomic E-state index is 11.7. The Morgan fingerprint density at radius 3 is 1.27 bits per heavy atom. The predicted octanol–water partition coefficient (Wildman–Crippen LogP) is 1.31. The fourth-order valence-electron chi connectivity index (χ4n) is 1.96. The summed E-state index contributed by atoms with van der Waals surface area (Å²) in [5.74, 6) is 0. The Kier molecular flexibility index (Phi) is 6.31. The fraction of sp³-hybridized carbons (Fsp3) is 0.133. The van der Waals surface area contributed by atoms with Gasteiger partial charge in [-0.2, -0.15) is 0 Å². The van der Waals surface area contributed by atoms with Crippen molar-refractivity contribution in [2.45, 2.75) is 9.79 Å². The van der Waals surface area contributed by atoms with Crippen LogP contribution < -0.4 is 20.1 Å². The number of hydrogen-bond acceptors (Lipinski definition) is 5. The minimum Gasteiger partial charge on any atom is -0.332 e. The fourth-order valence-corrected chi connectivity index (χ4v) is 3.66. The van der Waals surface area contributed by atoms with E-state index in [2.05, 4.69) is 20.1 Å². The zero-order chi connectivity index (χ0) is 19.4. The first-order chi connectivity index (χ1) is 12.2. The monoisotopic (exact) mass is 414 g/mol. The van der Waals surface area contributed by atoms with Gasteiger partial charge >= 0.3 is 0 Å². The summed E-state index contributed by atoms with van der Waals surface area (Å²) in [6, 6.07) is 12.1. The Bertz CT molecular complexity index is 905. The van der Waals surface area contributed by atoms with Gasteiger partial charge < -0.3 is 10.6 Å². The highest BCUT2D eigenvalue weighted by Gasteiger charge is 2.12. The molecule has 0 fully saturated rings. The lowest BCUT2D eigenvalue weighted by atomic mass is 10.3. The van der Waals surface area contributed by atoms with E-state index in [1.54, 1.807) is 24.3 Å². The lowest BCUT2D eigenvalue weighted by Crippen LogP contribution is -2.20. The van der Waals surface area contributed by atoms with E-state index in [0.29, 0.717) is 11.4 Å². The Balaban J connectivity index is 2.03. The topological polar surface area (TPSA) is 116 Å². The second-order valence-corrected chi connectivity index (χ2v) is 9.22. The van der Waals surface area contributed by atoms with Crippen molar-refractivity contribution in [2.24, 2.45) is 0 Å². The maximum Gasteiger partial charge on any atom is 0.240 e. The molecule has 0 aliphatic carbocycles. The highest BCUT2D eigenvalue weighted by Crippen LogP contribution is 2.16. The summed E-state index contributed by atoms with van der Waals surface area (Å²) in [6.07, 6.45) is 0. The Labute approximate surface area is 158 Å². The molecule has 11 heteroatoms. The first-order valence-electron chi connectivity index (χ1n) is 7.33. The molecule has 0 aromatic heterocycles. The number of rotatable bonds is 6. The van der Waals surface area contributed by atoms with E-state index in [0.717, 1.165) is 0 Å². The molecule has 0 atom stereocenters. The molecule has 0 unspecified atom stereocenters. The summed E-state index contributed by atoms with van der Waals surface area (Å²) in [5.41, 5.74) is 1.21. The van der Waals surface area contributed by atoms with Crippen molar-refractivity contribution >= 4 is 48.8 Å². The standard InChI is InChI=1S/C15H18N4O4S3/c1-16-25(20,21)13-7-3-11(4-8-13)18-15(24)19-12-5-9-14(10-6-12)26(22,23)17-2/h3-10,16-17H,1-2H3,(H2,18,19,24). The van der Waals surface area contributed by atoms with E-state index < -0.39 is 20.0 Å². The normalized spacial score (nSPS) is 11.8. The maximum absolute atomic E-state index is 11.7. The third kappa shape index (κ3) is 4.99. The summed E-state index contributed by atoms with van der Waals surface area (Å²) in [5, 5.41) is 6.11. The van der Waals surface area contributed by atoms with E-state index in [-0.39, 0.29) is 14.9 Å². The molecule has 8 nitrogen and oxygen atoms in total. The molecular formula is C15H18N4O4S3. The van der Waals surface area contributed by atoms with Crippen molar-refractivity contribution in [3.63, 3.8) is 0 Å². The lowest BCUT2D eigenvalue weighted by molar-refractivity contribution is 0.586. The molecule has 2 aromatic carbocycles. The van der Waals surface area contributed by atoms with Gasteiger partial charge in [0.1, 0.15) is 0 Å². The van der Waals surface area contributed by atoms with Crippen molar-refractivity contribution in [3.05, 3.63) is 48.5 Å². The molecule has 0 aliphatic rings. The van der Waals surface area contributed by atoms with Gasteiger partial charge in [-0.1, -0.05) is 0 Å². The number of hydrogen-bond donors (Lipinski definition) is 4. The van der Waals surface area contributed by atoms with Crippen LogP contribution in [0, 0.1) is 0 Å². The van der Waals surface area contributed by atoms with Crippen LogP contribution in [0.4, 0.5) is 11.4 Å². The minimum atomic E-state index is -3.49. The van der Waals surface area contributed by atoms with Gasteiger partial charge in [0.2, 0.25) is 20.0 Å². The Hall–Kier alpha value is -2.05. The first kappa shape index (κ1) is 20.3. The van der Waals surface area contributed by atoms with E-state index >= 15 is 0 Å². The summed E-state index contributed by atoms with van der Waals surface area (Å²) >= 11 is 5.19. The van der Waals surface area contributed by atoms with E-state index in [1.165, 1.54) is 38.4 Å². The first-order valence-corrected chi connectivity index (χ1v) is 10.7. The van der Waals surface area contributed by atoms with Crippen molar-refractivity contribution in [2.75, 3.05) is 24.7 Å². The molecule has 26 heavy (non-hydrogen) atoms. The molecule has 0 aliphatic heterocycles. The van der Waals surface area contributed by atoms with Crippen LogP contribution in [0.25, 0.3) is 0 Å². The van der Waals surface area contributed by atoms with Crippen molar-refractivity contribution < 1.29 is 16.8 Å². The molecular weight excluding hydrogens is 396 g/mol. The third-order valence-corrected chi connectivity index (χ3v) is 6.45. The smallest absolute Gasteiger partial charge is 0.240 e. The van der Waals surface area contributed by atoms with Crippen LogP contribution >= 0.6 is 12.2 Å². The van der Waals surface area contributed by atoms with Gasteiger partial charge in [0.05, 0.1) is 9.79 Å². The molecule has 0 saturated carbocycles. The molecule has 0 amide bonds. The highest BCUT2D eigenvalue weighted by molar-refractivity contribution is 7.89. The van der Waals surface area contributed by atoms with E-state index in [4.69, 9.17) is 12.2 Å². The SMILES string of the molecule is CNS(=O)(=O)c1ccc(NC(=S)Nc2ccc(S(=O)(=O)NC)cc2)cc1. The van der Waals surface area contributed by atoms with Crippen LogP contribution in [0.3, 0.4) is 0 Å². The molecule has 4 N–H and O–H groups in total. The van der Waals surface area contributed by atoms with Crippen LogP contribution in [-0.4, -0.2) is 36.0 Å². The average molecular weight is 415 g/mol. The number of nitrogens with one attached hydrogen (secondary N) is 4. The van der Waals surface area contributed by atoms with Crippen molar-refractivity contribution in [1.29, 1.82) is 0 Å². The van der Waals surface area contributed by atoms with Crippen LogP contribution in [0.2, 0.25) is 0 Å². The molecule has 0 radical (unpaired) electrons. The Morgan fingerprint density at radius 2 is 1.00 bits per heavy atom. The van der Waals surface area contributed by atoms with Crippen molar-refractivity contribution in [1.82, 2.24) is 9.44 Å². The van der Waals surface area contributed by atoms with E-state index in [9.17, 15) is 16.8 Å². The van der Waals surface area contributed by atoms with Crippen LogP contribution in [0.15, 0.2) is 58.3 Å². The zero-order valence-corrected chi connectivity index (χ0v) is 16.4. The second kappa shape index (κ2) is 8.10. The van der Waals surface area contributed by atoms with Gasteiger partial charge in [-0.15, -0.1) is 0 Å². The molecule has 2 rings (SSSR count). The summed E-state index contributed by atoms with van der Waals surface area (Å²) in [4.78, 5) is 0.288. The van der Waals surface area contributed by atoms with Gasteiger partial charge in [-0.25, -0.2) is 26.3 Å². The molecule has 2 aromatic rings. The summed E-state index contributed by atoms with van der Waals surface area (Å²) in [6.45, 7) is 0. The average Bonchev–Trinajstić information content (AvgIpc) is 2.62. The third-order valence-electron chi connectivity index (χ3n) is 3.38. The molecule has 0 spiro atoms. The quantitative estimate of drug-likeness (QED) is 0.527. The largest absolute Gasteiger partial charge is 0.332 e. The Morgan fingerprint density at radius 1 is 0.692 bits per heavy atom. The van der Waals surface area contributed by atoms with Crippen LogP contribution in [0.1, 0.15) is 0 Å². The van der Waals surface area contributed by atoms with Gasteiger partial charge in [0, 0.05) is 11.4 Å². The van der Waals surface area contributed by atoms with Gasteiger partial charge in [-0.3, -0.25) is 0 Å². The lowest BCUT2D eigenvalue weighted by Gasteiger charge is -2.11. The van der Waals surface area contributed by atoms with Gasteiger partial charge in [0.25, 0.3) is 0 Å². The number of thiocarbonyl (C=S) groups is 1. The van der Waals surface area contributed by atoms with E-state index in [1.807, 2.05) is 0 Å². The molecule has 140 valence electrons. The zero-order valence-electron chi connectivity index (χ0n) is 14.0. The van der Waals surface area contributed by atoms with Crippen molar-refractivity contribution in [3.8, 4) is 0 Å². The van der Waals surface area contributed by atoms with Gasteiger partial charge in [-0.05, 0) is 74.8 Å². The summed E-state index contributed by atoms with van der Waals surface area (Å²) < 4.78 is 51.2. The molecule has 0 heterocycles. The minimum absolute atomic E-state index is 0.144. The highest BCUT2D eigenvalue weighted by atomic mass is 32.2. The molecule has 0 saturated heterocycles. The number of benzene rings is 2. The van der Waals surface area contributed by atoms with Crippen LogP contribution in [0.5, 0.6) is 0 Å². The molecule has 0 bridgehead atoms. The summed E-state index contributed by atoms with van der Waals surface area (Å²) in [7, 11) is -4.30. The second-order valence-electron chi connectivity index (χ2n) is 5.04. The number of anilines is 2. The van der Waals surface area contributed by atoms with Crippen LogP contribution in [-0.2, 0) is 20.0 Å².